The van der Waals surface area contributed by atoms with E-state index < -0.39 is 0 Å². The molecule has 0 saturated carbocycles. The summed E-state index contributed by atoms with van der Waals surface area (Å²) in [6.07, 6.45) is 10.0. The van der Waals surface area contributed by atoms with Gasteiger partial charge in [-0.2, -0.15) is 0 Å². The second-order valence-electron chi connectivity index (χ2n) is 3.09. The van der Waals surface area contributed by atoms with Gasteiger partial charge in [0.15, 0.2) is 0 Å². The van der Waals surface area contributed by atoms with Gasteiger partial charge in [0.1, 0.15) is 0 Å². The Kier molecular flexibility index (Phi) is 6.08. The van der Waals surface area contributed by atoms with E-state index in [1.807, 2.05) is 12.2 Å². The molecule has 0 aromatic heterocycles. The molecule has 0 nitrogen and oxygen atoms in total. The minimum atomic E-state index is 1.09. The molecule has 0 unspecified atom stereocenters. The summed E-state index contributed by atoms with van der Waals surface area (Å²) in [6, 6.07) is 0. The molecule has 0 atom stereocenters. The lowest BCUT2D eigenvalue weighted by atomic mass is 10.1. The molecule has 0 aliphatic rings. The van der Waals surface area contributed by atoms with E-state index in [1.54, 1.807) is 6.08 Å². The van der Waals surface area contributed by atoms with E-state index >= 15 is 0 Å². The van der Waals surface area contributed by atoms with Crippen molar-refractivity contribution in [1.82, 2.24) is 0 Å². The van der Waals surface area contributed by atoms with E-state index in [0.717, 1.165) is 12.8 Å². The van der Waals surface area contributed by atoms with Gasteiger partial charge in [0.05, 0.1) is 0 Å². The van der Waals surface area contributed by atoms with Crippen LogP contribution in [0.2, 0.25) is 0 Å². The molecular formula is C12H18. The maximum atomic E-state index is 3.86. The summed E-state index contributed by atoms with van der Waals surface area (Å²) < 4.78 is 0. The van der Waals surface area contributed by atoms with E-state index in [2.05, 4.69) is 33.1 Å². The Labute approximate surface area is 76.0 Å². The highest BCUT2D eigenvalue weighted by Crippen LogP contribution is 2.08. The number of hydrogen-bond acceptors (Lipinski definition) is 0. The van der Waals surface area contributed by atoms with Crippen LogP contribution in [0.4, 0.5) is 0 Å². The summed E-state index contributed by atoms with van der Waals surface area (Å²) in [6.45, 7) is 11.7. The molecular weight excluding hydrogens is 144 g/mol. The monoisotopic (exact) mass is 162 g/mol. The summed E-state index contributed by atoms with van der Waals surface area (Å²) in [5.74, 6) is 0. The summed E-state index contributed by atoms with van der Waals surface area (Å²) in [5, 5.41) is 0. The second-order valence-corrected chi connectivity index (χ2v) is 3.09. The molecule has 0 aliphatic carbocycles. The van der Waals surface area contributed by atoms with Crippen LogP contribution in [0.25, 0.3) is 0 Å². The fourth-order valence-corrected chi connectivity index (χ4v) is 0.792. The van der Waals surface area contributed by atoms with Crippen molar-refractivity contribution in [2.75, 3.05) is 0 Å². The van der Waals surface area contributed by atoms with Crippen molar-refractivity contribution in [2.45, 2.75) is 26.7 Å². The van der Waals surface area contributed by atoms with Crippen molar-refractivity contribution in [2.24, 2.45) is 0 Å². The second kappa shape index (κ2) is 6.66. The maximum absolute atomic E-state index is 3.86. The fourth-order valence-electron chi connectivity index (χ4n) is 0.792. The van der Waals surface area contributed by atoms with Gasteiger partial charge in [0.2, 0.25) is 0 Å². The van der Waals surface area contributed by atoms with Crippen molar-refractivity contribution < 1.29 is 0 Å². The van der Waals surface area contributed by atoms with E-state index in [-0.39, 0.29) is 0 Å². The predicted octanol–water partition coefficient (Wildman–Crippen LogP) is 4.03. The molecule has 0 aromatic rings. The Balaban J connectivity index is 3.77. The quantitative estimate of drug-likeness (QED) is 0.423. The first-order valence-electron chi connectivity index (χ1n) is 4.26. The van der Waals surface area contributed by atoms with Crippen LogP contribution in [0.1, 0.15) is 26.7 Å². The molecule has 0 radical (unpaired) electrons. The summed E-state index contributed by atoms with van der Waals surface area (Å²) in [4.78, 5) is 0. The summed E-state index contributed by atoms with van der Waals surface area (Å²) >= 11 is 0. The van der Waals surface area contributed by atoms with E-state index in [1.165, 1.54) is 11.1 Å². The van der Waals surface area contributed by atoms with E-state index in [0.29, 0.717) is 0 Å². The molecule has 0 spiro atoms. The average Bonchev–Trinajstić information content (AvgIpc) is 2.01. The maximum Gasteiger partial charge on any atom is -0.0283 e. The largest absolute Gasteiger partial charge is 0.100 e. The number of rotatable bonds is 5. The minimum Gasteiger partial charge on any atom is -0.100 e. The third kappa shape index (κ3) is 7.07. The summed E-state index contributed by atoms with van der Waals surface area (Å²) in [7, 11) is 0. The van der Waals surface area contributed by atoms with Crippen molar-refractivity contribution >= 4 is 0 Å². The molecule has 66 valence electrons. The van der Waals surface area contributed by atoms with Crippen molar-refractivity contribution in [3.05, 3.63) is 48.6 Å². The van der Waals surface area contributed by atoms with Crippen molar-refractivity contribution in [1.29, 1.82) is 0 Å². The molecule has 0 rings (SSSR count). The van der Waals surface area contributed by atoms with Crippen LogP contribution < -0.4 is 0 Å². The van der Waals surface area contributed by atoms with Gasteiger partial charge in [-0.05, 0) is 26.7 Å². The van der Waals surface area contributed by atoms with E-state index in [9.17, 15) is 0 Å². The molecule has 0 bridgehead atoms. The highest BCUT2D eigenvalue weighted by molar-refractivity contribution is 5.14. The highest BCUT2D eigenvalue weighted by Gasteiger charge is 1.88. The Morgan fingerprint density at radius 1 is 1.17 bits per heavy atom. The van der Waals surface area contributed by atoms with Crippen LogP contribution in [0.5, 0.6) is 0 Å². The Morgan fingerprint density at radius 2 is 1.83 bits per heavy atom. The SMILES string of the molecule is C=CC=CC=C(C)CCC(=C)C. The van der Waals surface area contributed by atoms with Crippen LogP contribution in [0.3, 0.4) is 0 Å². The number of allylic oxidation sites excluding steroid dienone is 6. The normalized spacial score (nSPS) is 12.0. The predicted molar refractivity (Wildman–Crippen MR) is 57.1 cm³/mol. The third-order valence-electron chi connectivity index (χ3n) is 1.57. The minimum absolute atomic E-state index is 1.09. The molecule has 0 heterocycles. The lowest BCUT2D eigenvalue weighted by Gasteiger charge is -1.98. The first-order chi connectivity index (χ1) is 5.66. The molecule has 0 fully saturated rings. The Morgan fingerprint density at radius 3 is 2.33 bits per heavy atom. The Hall–Kier alpha value is -1.04. The third-order valence-corrected chi connectivity index (χ3v) is 1.57. The van der Waals surface area contributed by atoms with Gasteiger partial charge in [-0.15, -0.1) is 6.58 Å². The van der Waals surface area contributed by atoms with Crippen molar-refractivity contribution in [3.63, 3.8) is 0 Å². The molecule has 0 aromatic carbocycles. The zero-order chi connectivity index (χ0) is 9.40. The van der Waals surface area contributed by atoms with Gasteiger partial charge >= 0.3 is 0 Å². The van der Waals surface area contributed by atoms with Gasteiger partial charge in [-0.25, -0.2) is 0 Å². The van der Waals surface area contributed by atoms with E-state index in [4.69, 9.17) is 0 Å². The fraction of sp³-hybridized carbons (Fsp3) is 0.333. The van der Waals surface area contributed by atoms with Gasteiger partial charge in [0.25, 0.3) is 0 Å². The lowest BCUT2D eigenvalue weighted by Crippen LogP contribution is -1.78. The highest BCUT2D eigenvalue weighted by atomic mass is 13.9. The summed E-state index contributed by atoms with van der Waals surface area (Å²) in [5.41, 5.74) is 2.63. The van der Waals surface area contributed by atoms with Crippen LogP contribution >= 0.6 is 0 Å². The lowest BCUT2D eigenvalue weighted by molar-refractivity contribution is 0.928. The van der Waals surface area contributed by atoms with Gasteiger partial charge < -0.3 is 0 Å². The van der Waals surface area contributed by atoms with Crippen LogP contribution in [-0.4, -0.2) is 0 Å². The zero-order valence-electron chi connectivity index (χ0n) is 8.14. The van der Waals surface area contributed by atoms with Gasteiger partial charge in [0, 0.05) is 0 Å². The standard InChI is InChI=1S/C12H18/c1-5-6-7-8-12(4)10-9-11(2)3/h5-8H,1-2,9-10H2,3-4H3. The zero-order valence-corrected chi connectivity index (χ0v) is 8.14. The molecule has 12 heavy (non-hydrogen) atoms. The Bertz CT molecular complexity index is 204. The molecule has 0 heteroatoms. The molecule has 0 aliphatic heterocycles. The number of hydrogen-bond donors (Lipinski definition) is 0. The van der Waals surface area contributed by atoms with Gasteiger partial charge in [-0.3, -0.25) is 0 Å². The average molecular weight is 162 g/mol. The van der Waals surface area contributed by atoms with Crippen LogP contribution in [0.15, 0.2) is 48.6 Å². The van der Waals surface area contributed by atoms with Crippen LogP contribution in [-0.2, 0) is 0 Å². The first kappa shape index (κ1) is 11.0. The smallest absolute Gasteiger partial charge is 0.0283 e. The molecule has 0 amide bonds. The van der Waals surface area contributed by atoms with Crippen LogP contribution in [0, 0.1) is 0 Å². The van der Waals surface area contributed by atoms with Crippen molar-refractivity contribution in [3.8, 4) is 0 Å². The van der Waals surface area contributed by atoms with Gasteiger partial charge in [-0.1, -0.05) is 42.0 Å². The molecule has 0 N–H and O–H groups in total. The first-order valence-corrected chi connectivity index (χ1v) is 4.26. The molecule has 0 saturated heterocycles. The topological polar surface area (TPSA) is 0 Å².